The summed E-state index contributed by atoms with van der Waals surface area (Å²) in [5.41, 5.74) is 7.42. The minimum Gasteiger partial charge on any atom is -0.504 e. The molecule has 1 aliphatic heterocycles. The van der Waals surface area contributed by atoms with Gasteiger partial charge in [-0.3, -0.25) is 19.2 Å². The fourth-order valence-electron chi connectivity index (χ4n) is 18.6. The first-order valence-corrected chi connectivity index (χ1v) is 27.4. The number of carboxylic acid groups (broad SMARTS) is 1. The quantitative estimate of drug-likeness (QED) is 0.214. The lowest BCUT2D eigenvalue weighted by Crippen LogP contribution is -2.63. The number of rotatable bonds is 2. The minimum atomic E-state index is -0.655. The summed E-state index contributed by atoms with van der Waals surface area (Å²) < 4.78 is 0. The average Bonchev–Trinajstić information content (AvgIpc) is 3.33. The van der Waals surface area contributed by atoms with E-state index in [1.807, 2.05) is 20.8 Å². The monoisotopic (exact) mass is 969 g/mol. The van der Waals surface area contributed by atoms with E-state index in [-0.39, 0.29) is 71.8 Å². The molecule has 9 heteroatoms. The van der Waals surface area contributed by atoms with Gasteiger partial charge in [-0.15, -0.1) is 0 Å². The van der Waals surface area contributed by atoms with E-state index in [0.717, 1.165) is 132 Å². The van der Waals surface area contributed by atoms with Gasteiger partial charge in [0.05, 0.1) is 5.41 Å². The SMILES string of the molecule is CC1=C(O)C(=O)C=C2C1=CC=C1[C@@]2(C)CC[C@@]2(C)[C@@H]3C[C@](C)(C(=O)N4CCNCC4)CC[C@]3(C)CC[C@]12C.CC1=C(O)C(=O)C=C2C1=CC=C1[C@@]2(C)CC[C@@]2(C)[C@@H]3C[C@](C)(C(=O)O)CC[C@]3(C)CC[C@]12C. The zero-order valence-corrected chi connectivity index (χ0v) is 45.3. The van der Waals surface area contributed by atoms with E-state index in [2.05, 4.69) is 96.8 Å². The number of nitrogens with one attached hydrogen (secondary N) is 1. The van der Waals surface area contributed by atoms with Crippen molar-refractivity contribution < 1.29 is 34.5 Å². The Morgan fingerprint density at radius 3 is 1.37 bits per heavy atom. The molecular formula is C62H84N2O7. The molecule has 0 aromatic rings. The molecule has 0 unspecified atom stereocenters. The van der Waals surface area contributed by atoms with Crippen LogP contribution in [-0.2, 0) is 19.2 Å². The Labute approximate surface area is 424 Å². The van der Waals surface area contributed by atoms with Crippen molar-refractivity contribution in [3.05, 3.63) is 92.6 Å². The molecule has 1 amide bonds. The van der Waals surface area contributed by atoms with Crippen LogP contribution in [0.5, 0.6) is 0 Å². The average molecular weight is 969 g/mol. The molecule has 10 aliphatic carbocycles. The van der Waals surface area contributed by atoms with E-state index < -0.39 is 11.4 Å². The van der Waals surface area contributed by atoms with Gasteiger partial charge in [-0.25, -0.2) is 0 Å². The maximum atomic E-state index is 13.9. The summed E-state index contributed by atoms with van der Waals surface area (Å²) >= 11 is 0. The van der Waals surface area contributed by atoms with Gasteiger partial charge >= 0.3 is 5.97 Å². The Morgan fingerprint density at radius 1 is 0.549 bits per heavy atom. The number of amides is 1. The summed E-state index contributed by atoms with van der Waals surface area (Å²) in [6.45, 7) is 30.7. The molecule has 0 aromatic heterocycles. The Bertz CT molecular complexity index is 2700. The fourth-order valence-corrected chi connectivity index (χ4v) is 18.6. The summed E-state index contributed by atoms with van der Waals surface area (Å²) in [6, 6.07) is 0. The molecule has 0 aromatic carbocycles. The zero-order valence-electron chi connectivity index (χ0n) is 45.3. The van der Waals surface area contributed by atoms with Gasteiger partial charge in [0.25, 0.3) is 0 Å². The Balaban J connectivity index is 0.000000166. The molecule has 4 N–H and O–H groups in total. The summed E-state index contributed by atoms with van der Waals surface area (Å²) in [5, 5.41) is 34.1. The second-order valence-corrected chi connectivity index (χ2v) is 27.6. The number of fused-ring (bicyclic) bond motifs is 14. The smallest absolute Gasteiger partial charge is 0.309 e. The fraction of sp³-hybridized carbons (Fsp3) is 0.677. The van der Waals surface area contributed by atoms with Crippen molar-refractivity contribution in [2.45, 2.75) is 173 Å². The highest BCUT2D eigenvalue weighted by Gasteiger charge is 2.69. The standard InChI is InChI=1S/C33H46N2O3.C29H38O4/c1-21-22-7-8-25-31(4,23(22)19-24(36)27(21)37)12-14-33(6)26-20-30(3,28(38)35-17-15-34-16-18-35)10-9-29(26,2)11-13-32(25,33)5;1-17-18-7-8-21-27(4,19(18)15-20(30)23(17)31)12-14-29(6)22-16-26(3,24(32)33)10-9-25(22,2)11-13-28(21,29)5/h7-8,19,26,34,37H,9-18,20H2,1-6H3;7-8,15,22,31H,9-14,16H2,1-6H3,(H,32,33)/t26-,29-,30-,31+,32-,33+;22-,25-,26-,27+,28-,29+/m11/s1. The first-order valence-electron chi connectivity index (χ1n) is 27.4. The van der Waals surface area contributed by atoms with Crippen LogP contribution >= 0.6 is 0 Å². The largest absolute Gasteiger partial charge is 0.504 e. The molecule has 0 radical (unpaired) electrons. The van der Waals surface area contributed by atoms with Crippen molar-refractivity contribution in [2.75, 3.05) is 26.2 Å². The van der Waals surface area contributed by atoms with Gasteiger partial charge in [0.1, 0.15) is 0 Å². The van der Waals surface area contributed by atoms with Crippen LogP contribution < -0.4 is 5.32 Å². The van der Waals surface area contributed by atoms with Crippen LogP contribution in [0.3, 0.4) is 0 Å². The van der Waals surface area contributed by atoms with Crippen LogP contribution in [0.1, 0.15) is 173 Å². The molecule has 6 saturated carbocycles. The minimum absolute atomic E-state index is 0.0000746. The lowest BCUT2D eigenvalue weighted by Gasteiger charge is -2.70. The van der Waals surface area contributed by atoms with Crippen molar-refractivity contribution in [1.82, 2.24) is 10.2 Å². The van der Waals surface area contributed by atoms with Crippen molar-refractivity contribution in [2.24, 2.45) is 66.0 Å². The highest BCUT2D eigenvalue weighted by atomic mass is 16.4. The van der Waals surface area contributed by atoms with Crippen molar-refractivity contribution >= 4 is 23.4 Å². The second kappa shape index (κ2) is 15.9. The topological polar surface area (TPSA) is 144 Å². The van der Waals surface area contributed by atoms with Gasteiger partial charge in [-0.2, -0.15) is 0 Å². The van der Waals surface area contributed by atoms with E-state index in [1.165, 1.54) is 17.6 Å². The molecule has 1 saturated heterocycles. The normalized spacial score (nSPS) is 45.7. The predicted octanol–water partition coefficient (Wildman–Crippen LogP) is 12.7. The molecular weight excluding hydrogens is 885 g/mol. The molecule has 71 heavy (non-hydrogen) atoms. The van der Waals surface area contributed by atoms with Crippen LogP contribution in [0.25, 0.3) is 0 Å². The third-order valence-corrected chi connectivity index (χ3v) is 24.2. The third kappa shape index (κ3) is 6.70. The van der Waals surface area contributed by atoms with Crippen molar-refractivity contribution in [3.63, 3.8) is 0 Å². The lowest BCUT2D eigenvalue weighted by molar-refractivity contribution is -0.178. The number of carbonyl (C=O) groups excluding carboxylic acids is 3. The first kappa shape index (κ1) is 50.3. The molecule has 9 nitrogen and oxygen atoms in total. The Hall–Kier alpha value is -4.24. The summed E-state index contributed by atoms with van der Waals surface area (Å²) in [4.78, 5) is 53.6. The number of nitrogens with zero attached hydrogens (tertiary/aromatic N) is 1. The number of aliphatic hydroxyl groups excluding tert-OH is 2. The summed E-state index contributed by atoms with van der Waals surface area (Å²) in [7, 11) is 0. The number of hydrogen-bond donors (Lipinski definition) is 4. The summed E-state index contributed by atoms with van der Waals surface area (Å²) in [5.74, 6) is -0.265. The van der Waals surface area contributed by atoms with Crippen molar-refractivity contribution in [1.29, 1.82) is 0 Å². The van der Waals surface area contributed by atoms with Crippen LogP contribution in [0.4, 0.5) is 0 Å². The van der Waals surface area contributed by atoms with E-state index in [4.69, 9.17) is 0 Å². The third-order valence-electron chi connectivity index (χ3n) is 24.2. The Kier molecular flexibility index (Phi) is 11.3. The van der Waals surface area contributed by atoms with Gasteiger partial charge in [0, 0.05) is 53.6 Å². The van der Waals surface area contributed by atoms with Crippen LogP contribution in [0.15, 0.2) is 92.6 Å². The van der Waals surface area contributed by atoms with Crippen molar-refractivity contribution in [3.8, 4) is 0 Å². The molecule has 384 valence electrons. The summed E-state index contributed by atoms with van der Waals surface area (Å²) in [6.07, 6.45) is 26.4. The lowest BCUT2D eigenvalue weighted by atomic mass is 9.34. The number of aliphatic carboxylic acids is 1. The van der Waals surface area contributed by atoms with E-state index in [0.29, 0.717) is 28.9 Å². The maximum absolute atomic E-state index is 13.9. The van der Waals surface area contributed by atoms with Gasteiger partial charge < -0.3 is 25.5 Å². The highest BCUT2D eigenvalue weighted by Crippen LogP contribution is 2.77. The van der Waals surface area contributed by atoms with Gasteiger partial charge in [-0.1, -0.05) is 97.8 Å². The number of piperazine rings is 1. The first-order chi connectivity index (χ1) is 33.0. The number of allylic oxidation sites excluding steroid dienone is 14. The Morgan fingerprint density at radius 2 is 0.944 bits per heavy atom. The number of ketones is 2. The number of hydrogen-bond acceptors (Lipinski definition) is 7. The van der Waals surface area contributed by atoms with Gasteiger partial charge in [-0.05, 0) is 189 Å². The molecule has 0 bridgehead atoms. The van der Waals surface area contributed by atoms with E-state index in [9.17, 15) is 34.5 Å². The zero-order chi connectivity index (χ0) is 51.5. The van der Waals surface area contributed by atoms with Crippen LogP contribution in [0, 0.1) is 66.0 Å². The molecule has 0 spiro atoms. The molecule has 11 rings (SSSR count). The van der Waals surface area contributed by atoms with Crippen LogP contribution in [-0.4, -0.2) is 69.8 Å². The second-order valence-electron chi connectivity index (χ2n) is 27.6. The molecule has 1 heterocycles. The molecule has 12 atom stereocenters. The van der Waals surface area contributed by atoms with E-state index in [1.54, 1.807) is 12.2 Å². The van der Waals surface area contributed by atoms with E-state index >= 15 is 0 Å². The van der Waals surface area contributed by atoms with Gasteiger partial charge in [0.2, 0.25) is 17.5 Å². The van der Waals surface area contributed by atoms with Crippen LogP contribution in [0.2, 0.25) is 0 Å². The molecule has 7 fully saturated rings. The number of aliphatic hydroxyl groups is 2. The highest BCUT2D eigenvalue weighted by molar-refractivity contribution is 6.07. The van der Waals surface area contributed by atoms with Gasteiger partial charge in [0.15, 0.2) is 11.5 Å². The predicted molar refractivity (Wildman–Crippen MR) is 279 cm³/mol. The number of carbonyl (C=O) groups is 4. The maximum Gasteiger partial charge on any atom is 0.309 e. The number of carboxylic acids is 1. The molecule has 11 aliphatic rings.